The van der Waals surface area contributed by atoms with Gasteiger partial charge in [-0.3, -0.25) is 9.59 Å². The highest BCUT2D eigenvalue weighted by Gasteiger charge is 2.14. The summed E-state index contributed by atoms with van der Waals surface area (Å²) in [6, 6.07) is 7.64. The summed E-state index contributed by atoms with van der Waals surface area (Å²) in [5.74, 6) is 0.826. The molecule has 144 valence electrons. The number of rotatable bonds is 11. The molecule has 0 aliphatic carbocycles. The van der Waals surface area contributed by atoms with Crippen LogP contribution in [0.3, 0.4) is 0 Å². The second-order valence-corrected chi connectivity index (χ2v) is 6.55. The number of benzene rings is 1. The van der Waals surface area contributed by atoms with Crippen LogP contribution in [0.1, 0.15) is 45.6 Å². The highest BCUT2D eigenvalue weighted by molar-refractivity contribution is 5.92. The molecule has 0 saturated carbocycles. The first kappa shape index (κ1) is 21.7. The fourth-order valence-electron chi connectivity index (χ4n) is 2.30. The van der Waals surface area contributed by atoms with Crippen molar-refractivity contribution in [3.8, 4) is 5.75 Å². The molecule has 5 heteroatoms. The Hall–Kier alpha value is -2.30. The molecule has 5 nitrogen and oxygen atoms in total. The van der Waals surface area contributed by atoms with Crippen LogP contribution in [0.4, 0.5) is 0 Å². The van der Waals surface area contributed by atoms with Crippen molar-refractivity contribution in [1.29, 1.82) is 0 Å². The van der Waals surface area contributed by atoms with Crippen LogP contribution in [0.25, 0.3) is 6.08 Å². The van der Waals surface area contributed by atoms with Gasteiger partial charge in [0.2, 0.25) is 5.91 Å². The van der Waals surface area contributed by atoms with Crippen LogP contribution in [0, 0.1) is 5.92 Å². The van der Waals surface area contributed by atoms with E-state index in [0.29, 0.717) is 25.6 Å². The molecule has 0 atom stereocenters. The minimum Gasteiger partial charge on any atom is -0.493 e. The van der Waals surface area contributed by atoms with Gasteiger partial charge in [0.25, 0.3) is 0 Å². The SMILES string of the molecule is CCCOc1ccccc1/C=C/C(=O)N(CCC(=O)OC)CCC(C)C. The molecular formula is C21H31NO4. The van der Waals surface area contributed by atoms with Gasteiger partial charge >= 0.3 is 5.97 Å². The van der Waals surface area contributed by atoms with E-state index in [4.69, 9.17) is 4.74 Å². The molecule has 1 rings (SSSR count). The van der Waals surface area contributed by atoms with E-state index in [9.17, 15) is 9.59 Å². The van der Waals surface area contributed by atoms with Gasteiger partial charge in [-0.25, -0.2) is 0 Å². The van der Waals surface area contributed by atoms with Crippen molar-refractivity contribution in [2.45, 2.75) is 40.0 Å². The van der Waals surface area contributed by atoms with E-state index in [0.717, 1.165) is 24.2 Å². The third-order valence-electron chi connectivity index (χ3n) is 3.89. The summed E-state index contributed by atoms with van der Waals surface area (Å²) in [4.78, 5) is 25.7. The molecule has 1 amide bonds. The minimum absolute atomic E-state index is 0.111. The van der Waals surface area contributed by atoms with Crippen LogP contribution >= 0.6 is 0 Å². The molecule has 0 heterocycles. The lowest BCUT2D eigenvalue weighted by Crippen LogP contribution is -2.33. The molecule has 0 spiro atoms. The molecule has 0 bridgehead atoms. The van der Waals surface area contributed by atoms with Crippen LogP contribution in [-0.4, -0.2) is 43.6 Å². The number of nitrogens with zero attached hydrogens (tertiary/aromatic N) is 1. The van der Waals surface area contributed by atoms with Gasteiger partial charge in [-0.05, 0) is 30.9 Å². The van der Waals surface area contributed by atoms with E-state index in [1.807, 2.05) is 24.3 Å². The first-order valence-electron chi connectivity index (χ1n) is 9.23. The summed E-state index contributed by atoms with van der Waals surface area (Å²) in [5, 5.41) is 0. The lowest BCUT2D eigenvalue weighted by molar-refractivity contribution is -0.141. The number of methoxy groups -OCH3 is 1. The Morgan fingerprint density at radius 2 is 1.92 bits per heavy atom. The van der Waals surface area contributed by atoms with Crippen molar-refractivity contribution >= 4 is 18.0 Å². The van der Waals surface area contributed by atoms with Gasteiger partial charge in [0, 0.05) is 24.7 Å². The number of ether oxygens (including phenoxy) is 2. The van der Waals surface area contributed by atoms with E-state index in [-0.39, 0.29) is 18.3 Å². The predicted molar refractivity (Wildman–Crippen MR) is 104 cm³/mol. The van der Waals surface area contributed by atoms with Gasteiger partial charge in [-0.2, -0.15) is 0 Å². The summed E-state index contributed by atoms with van der Waals surface area (Å²) in [6.45, 7) is 7.89. The monoisotopic (exact) mass is 361 g/mol. The predicted octanol–water partition coefficient (Wildman–Crippen LogP) is 3.93. The third kappa shape index (κ3) is 8.19. The van der Waals surface area contributed by atoms with Crippen molar-refractivity contribution in [3.05, 3.63) is 35.9 Å². The highest BCUT2D eigenvalue weighted by atomic mass is 16.5. The Morgan fingerprint density at radius 1 is 1.19 bits per heavy atom. The van der Waals surface area contributed by atoms with Gasteiger partial charge in [0.05, 0.1) is 20.1 Å². The Bertz CT molecular complexity index is 595. The number of para-hydroxylation sites is 1. The molecule has 0 unspecified atom stereocenters. The largest absolute Gasteiger partial charge is 0.493 e. The van der Waals surface area contributed by atoms with Crippen LogP contribution < -0.4 is 4.74 Å². The lowest BCUT2D eigenvalue weighted by Gasteiger charge is -2.21. The fourth-order valence-corrected chi connectivity index (χ4v) is 2.30. The van der Waals surface area contributed by atoms with Crippen molar-refractivity contribution in [3.63, 3.8) is 0 Å². The lowest BCUT2D eigenvalue weighted by atomic mass is 10.1. The molecule has 0 aliphatic rings. The van der Waals surface area contributed by atoms with Crippen molar-refractivity contribution in [2.75, 3.05) is 26.8 Å². The summed E-state index contributed by atoms with van der Waals surface area (Å²) >= 11 is 0. The van der Waals surface area contributed by atoms with Crippen molar-refractivity contribution in [1.82, 2.24) is 4.90 Å². The summed E-state index contributed by atoms with van der Waals surface area (Å²) in [6.07, 6.45) is 5.33. The first-order valence-corrected chi connectivity index (χ1v) is 9.23. The van der Waals surface area contributed by atoms with Crippen molar-refractivity contribution < 1.29 is 19.1 Å². The zero-order valence-electron chi connectivity index (χ0n) is 16.4. The quantitative estimate of drug-likeness (QED) is 0.443. The maximum atomic E-state index is 12.6. The number of carbonyl (C=O) groups is 2. The number of esters is 1. The van der Waals surface area contributed by atoms with E-state index < -0.39 is 0 Å². The summed E-state index contributed by atoms with van der Waals surface area (Å²) in [7, 11) is 1.36. The van der Waals surface area contributed by atoms with E-state index in [1.54, 1.807) is 17.1 Å². The Kier molecular flexibility index (Phi) is 10.1. The number of hydrogen-bond acceptors (Lipinski definition) is 4. The molecule has 0 aliphatic heterocycles. The number of amides is 1. The van der Waals surface area contributed by atoms with Crippen LogP contribution in [0.5, 0.6) is 5.75 Å². The molecule has 1 aromatic carbocycles. The third-order valence-corrected chi connectivity index (χ3v) is 3.89. The summed E-state index contributed by atoms with van der Waals surface area (Å²) in [5.41, 5.74) is 0.867. The van der Waals surface area contributed by atoms with Crippen LogP contribution in [0.2, 0.25) is 0 Å². The molecule has 0 aromatic heterocycles. The van der Waals surface area contributed by atoms with E-state index in [1.165, 1.54) is 7.11 Å². The van der Waals surface area contributed by atoms with E-state index in [2.05, 4.69) is 25.5 Å². The topological polar surface area (TPSA) is 55.8 Å². The minimum atomic E-state index is -0.311. The second-order valence-electron chi connectivity index (χ2n) is 6.55. The van der Waals surface area contributed by atoms with Gasteiger partial charge in [-0.15, -0.1) is 0 Å². The first-order chi connectivity index (χ1) is 12.5. The Morgan fingerprint density at radius 3 is 2.58 bits per heavy atom. The standard InChI is InChI=1S/C21H31NO4/c1-5-16-26-19-9-7-6-8-18(19)10-11-20(23)22(14-12-17(2)3)15-13-21(24)25-4/h6-11,17H,5,12-16H2,1-4H3/b11-10+. The maximum absolute atomic E-state index is 12.6. The van der Waals surface area contributed by atoms with Gasteiger partial charge in [0.1, 0.15) is 5.75 Å². The Labute approximate surface area is 157 Å². The molecule has 0 radical (unpaired) electrons. The second kappa shape index (κ2) is 12.1. The van der Waals surface area contributed by atoms with E-state index >= 15 is 0 Å². The van der Waals surface area contributed by atoms with Crippen LogP contribution in [0.15, 0.2) is 30.3 Å². The molecule has 1 aromatic rings. The van der Waals surface area contributed by atoms with Gasteiger partial charge in [-0.1, -0.05) is 39.0 Å². The zero-order chi connectivity index (χ0) is 19.4. The average molecular weight is 361 g/mol. The van der Waals surface area contributed by atoms with Gasteiger partial charge < -0.3 is 14.4 Å². The van der Waals surface area contributed by atoms with Gasteiger partial charge in [0.15, 0.2) is 0 Å². The van der Waals surface area contributed by atoms with Crippen LogP contribution in [-0.2, 0) is 14.3 Å². The molecule has 0 fully saturated rings. The average Bonchev–Trinajstić information content (AvgIpc) is 2.64. The molecule has 26 heavy (non-hydrogen) atoms. The Balaban J connectivity index is 2.80. The highest BCUT2D eigenvalue weighted by Crippen LogP contribution is 2.20. The number of carbonyl (C=O) groups excluding carboxylic acids is 2. The normalized spacial score (nSPS) is 11.0. The van der Waals surface area contributed by atoms with Crippen molar-refractivity contribution in [2.24, 2.45) is 5.92 Å². The molecular weight excluding hydrogens is 330 g/mol. The molecule has 0 saturated heterocycles. The smallest absolute Gasteiger partial charge is 0.307 e. The zero-order valence-corrected chi connectivity index (χ0v) is 16.4. The summed E-state index contributed by atoms with van der Waals surface area (Å²) < 4.78 is 10.4. The fraction of sp³-hybridized carbons (Fsp3) is 0.524. The maximum Gasteiger partial charge on any atom is 0.307 e. The molecule has 0 N–H and O–H groups in total. The number of hydrogen-bond donors (Lipinski definition) is 0.